The van der Waals surface area contributed by atoms with Crippen molar-refractivity contribution in [2.75, 3.05) is 0 Å². The minimum Gasteiger partial charge on any atom is -0.173 e. The second kappa shape index (κ2) is 5.75. The third-order valence-electron chi connectivity index (χ3n) is 1.98. The Bertz CT molecular complexity index is 224. The summed E-state index contributed by atoms with van der Waals surface area (Å²) in [6.07, 6.45) is 6.69. The molecule has 1 unspecified atom stereocenters. The van der Waals surface area contributed by atoms with Crippen LogP contribution in [-0.4, -0.2) is 0 Å². The molecule has 13 heavy (non-hydrogen) atoms. The van der Waals surface area contributed by atoms with Crippen LogP contribution in [0.25, 0.3) is 0 Å². The van der Waals surface area contributed by atoms with Gasteiger partial charge in [0.25, 0.3) is 6.08 Å². The monoisotopic (exact) mass is 183 g/mol. The smallest absolute Gasteiger partial charge is 0.173 e. The molecule has 0 aromatic rings. The highest BCUT2D eigenvalue weighted by molar-refractivity contribution is 5.15. The Hall–Kier alpha value is -0.840. The number of unbranched alkanes of at least 4 members (excludes halogenated alkanes) is 2. The summed E-state index contributed by atoms with van der Waals surface area (Å²) < 4.78 is 23.0. The Balaban J connectivity index is 1.91. The molecule has 1 rings (SSSR count). The molecule has 2 heteroatoms. The van der Waals surface area contributed by atoms with Crippen LogP contribution in [0, 0.1) is 24.2 Å². The van der Waals surface area contributed by atoms with E-state index in [9.17, 15) is 8.78 Å². The van der Waals surface area contributed by atoms with E-state index >= 15 is 0 Å². The van der Waals surface area contributed by atoms with E-state index in [1.54, 1.807) is 0 Å². The maximum atomic E-state index is 11.5. The van der Waals surface area contributed by atoms with Crippen molar-refractivity contribution in [1.82, 2.24) is 0 Å². The lowest BCUT2D eigenvalue weighted by molar-refractivity contribution is 0.422. The van der Waals surface area contributed by atoms with E-state index in [-0.39, 0.29) is 0 Å². The van der Waals surface area contributed by atoms with E-state index in [4.69, 9.17) is 0 Å². The zero-order chi connectivity index (χ0) is 9.52. The molecule has 0 N–H and O–H groups in total. The molecule has 0 bridgehead atoms. The largest absolute Gasteiger partial charge is 0.278 e. The number of halogens is 2. The second-order valence-electron chi connectivity index (χ2n) is 3.23. The lowest BCUT2D eigenvalue weighted by Gasteiger charge is -1.92. The van der Waals surface area contributed by atoms with Crippen LogP contribution in [-0.2, 0) is 0 Å². The summed E-state index contributed by atoms with van der Waals surface area (Å²) in [4.78, 5) is 0. The maximum Gasteiger partial charge on any atom is 0.278 e. The minimum absolute atomic E-state index is 0.661. The molecule has 0 saturated heterocycles. The highest BCUT2D eigenvalue weighted by Gasteiger charge is 2.20. The Morgan fingerprint density at radius 3 is 2.85 bits per heavy atom. The van der Waals surface area contributed by atoms with Crippen molar-refractivity contribution in [3.63, 3.8) is 0 Å². The topological polar surface area (TPSA) is 0 Å². The SMILES string of the molecule is FC(F)=CC#CCCCCC1[CH]C1. The summed E-state index contributed by atoms with van der Waals surface area (Å²) in [5.74, 6) is 5.86. The number of rotatable bonds is 4. The minimum atomic E-state index is -1.71. The Morgan fingerprint density at radius 2 is 2.23 bits per heavy atom. The van der Waals surface area contributed by atoms with Crippen LogP contribution in [0.5, 0.6) is 0 Å². The third kappa shape index (κ3) is 6.33. The van der Waals surface area contributed by atoms with E-state index in [1.807, 2.05) is 0 Å². The standard InChI is InChI=1S/C11H13F2/c12-11(13)7-5-3-1-2-4-6-10-8-9-10/h7-8,10H,1-2,4,6,9H2. The Morgan fingerprint density at radius 1 is 1.46 bits per heavy atom. The van der Waals surface area contributed by atoms with Crippen LogP contribution in [0.1, 0.15) is 32.1 Å². The van der Waals surface area contributed by atoms with Crippen LogP contribution in [0.3, 0.4) is 0 Å². The molecule has 0 aliphatic heterocycles. The van der Waals surface area contributed by atoms with Gasteiger partial charge in [-0.05, 0) is 25.2 Å². The summed E-state index contributed by atoms with van der Waals surface area (Å²) in [5.41, 5.74) is 0. The first kappa shape index (κ1) is 10.2. The first-order valence-corrected chi connectivity index (χ1v) is 4.62. The van der Waals surface area contributed by atoms with E-state index < -0.39 is 6.08 Å². The van der Waals surface area contributed by atoms with Crippen molar-refractivity contribution in [3.8, 4) is 11.8 Å². The van der Waals surface area contributed by atoms with Gasteiger partial charge < -0.3 is 0 Å². The van der Waals surface area contributed by atoms with Crippen molar-refractivity contribution in [3.05, 3.63) is 18.6 Å². The van der Waals surface area contributed by atoms with Crippen molar-refractivity contribution >= 4 is 0 Å². The Labute approximate surface area is 78.0 Å². The fourth-order valence-electron chi connectivity index (χ4n) is 1.13. The van der Waals surface area contributed by atoms with Crippen LogP contribution >= 0.6 is 0 Å². The summed E-state index contributed by atoms with van der Waals surface area (Å²) in [5, 5.41) is 0. The highest BCUT2D eigenvalue weighted by Crippen LogP contribution is 2.32. The molecule has 0 amide bonds. The Kier molecular flexibility index (Phi) is 4.53. The van der Waals surface area contributed by atoms with Crippen LogP contribution in [0.15, 0.2) is 12.2 Å². The lowest BCUT2D eigenvalue weighted by atomic mass is 10.1. The zero-order valence-corrected chi connectivity index (χ0v) is 7.52. The van der Waals surface area contributed by atoms with Gasteiger partial charge in [0.2, 0.25) is 0 Å². The van der Waals surface area contributed by atoms with Gasteiger partial charge in [0, 0.05) is 6.42 Å². The van der Waals surface area contributed by atoms with Crippen molar-refractivity contribution in [1.29, 1.82) is 0 Å². The maximum absolute atomic E-state index is 11.5. The second-order valence-corrected chi connectivity index (χ2v) is 3.23. The van der Waals surface area contributed by atoms with E-state index in [1.165, 1.54) is 12.8 Å². The van der Waals surface area contributed by atoms with Gasteiger partial charge >= 0.3 is 0 Å². The number of hydrogen-bond acceptors (Lipinski definition) is 0. The fourth-order valence-corrected chi connectivity index (χ4v) is 1.13. The summed E-state index contributed by atoms with van der Waals surface area (Å²) in [7, 11) is 0. The third-order valence-corrected chi connectivity index (χ3v) is 1.98. The zero-order valence-electron chi connectivity index (χ0n) is 7.52. The van der Waals surface area contributed by atoms with Crippen LogP contribution in [0.4, 0.5) is 8.78 Å². The molecule has 1 atom stereocenters. The average Bonchev–Trinajstić information content (AvgIpc) is 2.86. The summed E-state index contributed by atoms with van der Waals surface area (Å²) in [6, 6.07) is 0. The summed E-state index contributed by atoms with van der Waals surface area (Å²) in [6.45, 7) is 0. The molecular weight excluding hydrogens is 170 g/mol. The van der Waals surface area contributed by atoms with E-state index in [0.717, 1.165) is 25.2 Å². The predicted molar refractivity (Wildman–Crippen MR) is 49.0 cm³/mol. The molecule has 0 heterocycles. The first-order valence-electron chi connectivity index (χ1n) is 4.62. The van der Waals surface area contributed by atoms with Gasteiger partial charge in [0.1, 0.15) is 0 Å². The van der Waals surface area contributed by atoms with Gasteiger partial charge in [-0.2, -0.15) is 8.78 Å². The van der Waals surface area contributed by atoms with Gasteiger partial charge in [0.05, 0.1) is 6.08 Å². The molecule has 0 aromatic heterocycles. The van der Waals surface area contributed by atoms with Gasteiger partial charge in [-0.15, -0.1) is 0 Å². The van der Waals surface area contributed by atoms with Gasteiger partial charge in [0.15, 0.2) is 0 Å². The molecule has 0 spiro atoms. The van der Waals surface area contributed by atoms with Gasteiger partial charge in [-0.25, -0.2) is 0 Å². The first-order chi connectivity index (χ1) is 6.29. The highest BCUT2D eigenvalue weighted by atomic mass is 19.3. The van der Waals surface area contributed by atoms with Crippen LogP contribution in [0.2, 0.25) is 0 Å². The number of allylic oxidation sites excluding steroid dienone is 1. The van der Waals surface area contributed by atoms with Crippen LogP contribution < -0.4 is 0 Å². The lowest BCUT2D eigenvalue weighted by Crippen LogP contribution is -1.77. The normalized spacial score (nSPS) is 14.6. The van der Waals surface area contributed by atoms with Gasteiger partial charge in [-0.1, -0.05) is 24.7 Å². The molecule has 1 aliphatic carbocycles. The fraction of sp³-hybridized carbons (Fsp3) is 0.545. The van der Waals surface area contributed by atoms with E-state index in [0.29, 0.717) is 6.08 Å². The average molecular weight is 183 g/mol. The van der Waals surface area contributed by atoms with Crippen molar-refractivity contribution < 1.29 is 8.78 Å². The van der Waals surface area contributed by atoms with Crippen molar-refractivity contribution in [2.24, 2.45) is 5.92 Å². The molecule has 0 aromatic carbocycles. The molecule has 1 saturated carbocycles. The molecule has 1 fully saturated rings. The summed E-state index contributed by atoms with van der Waals surface area (Å²) >= 11 is 0. The molecular formula is C11H13F2. The van der Waals surface area contributed by atoms with Gasteiger partial charge in [-0.3, -0.25) is 0 Å². The van der Waals surface area contributed by atoms with Crippen molar-refractivity contribution in [2.45, 2.75) is 32.1 Å². The van der Waals surface area contributed by atoms with E-state index in [2.05, 4.69) is 18.3 Å². The number of hydrogen-bond donors (Lipinski definition) is 0. The molecule has 71 valence electrons. The molecule has 0 nitrogen and oxygen atoms in total. The molecule has 1 aliphatic rings. The predicted octanol–water partition coefficient (Wildman–Crippen LogP) is 3.55. The quantitative estimate of drug-likeness (QED) is 0.462. The molecule has 1 radical (unpaired) electrons.